The highest BCUT2D eigenvalue weighted by Crippen LogP contribution is 2.30. The minimum absolute atomic E-state index is 0.0905. The first kappa shape index (κ1) is 20.8. The molecule has 3 aromatic rings. The minimum Gasteiger partial charge on any atom is -0.339 e. The van der Waals surface area contributed by atoms with Crippen LogP contribution in [0.1, 0.15) is 46.8 Å². The van der Waals surface area contributed by atoms with Crippen LogP contribution < -0.4 is 0 Å². The minimum atomic E-state index is -3.58. The smallest absolute Gasteiger partial charge is 0.262 e. The van der Waals surface area contributed by atoms with E-state index in [1.165, 1.54) is 23.0 Å². The van der Waals surface area contributed by atoms with Gasteiger partial charge in [-0.2, -0.15) is 4.31 Å². The third kappa shape index (κ3) is 4.32. The van der Waals surface area contributed by atoms with Crippen LogP contribution in [-0.2, 0) is 23.5 Å². The zero-order valence-corrected chi connectivity index (χ0v) is 18.6. The first-order valence-electron chi connectivity index (χ1n) is 10.3. The van der Waals surface area contributed by atoms with Crippen molar-refractivity contribution < 1.29 is 8.42 Å². The van der Waals surface area contributed by atoms with Gasteiger partial charge in [0.25, 0.3) is 10.0 Å². The molecular weight excluding hydrogens is 396 g/mol. The number of hydrogen-bond donors (Lipinski definition) is 0. The fourth-order valence-corrected chi connectivity index (χ4v) is 5.65. The highest BCUT2D eigenvalue weighted by atomic mass is 32.2. The molecule has 1 saturated heterocycles. The van der Waals surface area contributed by atoms with Crippen LogP contribution in [0.5, 0.6) is 0 Å². The number of hydrogen-bond acceptors (Lipinski definition) is 4. The Morgan fingerprint density at radius 2 is 1.97 bits per heavy atom. The maximum atomic E-state index is 13.0. The highest BCUT2D eigenvalue weighted by molar-refractivity contribution is 7.89. The lowest BCUT2D eigenvalue weighted by Gasteiger charge is -2.31. The molecule has 1 fully saturated rings. The van der Waals surface area contributed by atoms with Crippen molar-refractivity contribution in [3.05, 3.63) is 77.0 Å². The van der Waals surface area contributed by atoms with Crippen molar-refractivity contribution in [1.82, 2.24) is 18.8 Å². The van der Waals surface area contributed by atoms with Crippen LogP contribution in [0.2, 0.25) is 0 Å². The molecule has 1 aliphatic rings. The van der Waals surface area contributed by atoms with Gasteiger partial charge in [0.2, 0.25) is 0 Å². The third-order valence-electron chi connectivity index (χ3n) is 5.78. The molecule has 0 aliphatic carbocycles. The van der Waals surface area contributed by atoms with Gasteiger partial charge in [-0.3, -0.25) is 4.98 Å². The number of imidazole rings is 1. The van der Waals surface area contributed by atoms with Crippen molar-refractivity contribution in [1.29, 1.82) is 0 Å². The van der Waals surface area contributed by atoms with Crippen LogP contribution in [0.3, 0.4) is 0 Å². The maximum absolute atomic E-state index is 13.0. The Morgan fingerprint density at radius 1 is 1.17 bits per heavy atom. The van der Waals surface area contributed by atoms with Gasteiger partial charge in [-0.1, -0.05) is 24.3 Å². The quantitative estimate of drug-likeness (QED) is 0.628. The second-order valence-corrected chi connectivity index (χ2v) is 10.1. The molecule has 2 aromatic heterocycles. The number of piperidine rings is 1. The lowest BCUT2D eigenvalue weighted by molar-refractivity contribution is 0.311. The molecule has 30 heavy (non-hydrogen) atoms. The van der Waals surface area contributed by atoms with Crippen molar-refractivity contribution in [2.75, 3.05) is 13.1 Å². The fraction of sp³-hybridized carbons (Fsp3) is 0.391. The lowest BCUT2D eigenvalue weighted by Crippen LogP contribution is -2.39. The lowest BCUT2D eigenvalue weighted by atomic mass is 9.93. The van der Waals surface area contributed by atoms with E-state index in [-0.39, 0.29) is 10.9 Å². The summed E-state index contributed by atoms with van der Waals surface area (Å²) in [5, 5.41) is 0.114. The van der Waals surface area contributed by atoms with Gasteiger partial charge < -0.3 is 4.57 Å². The molecule has 1 atom stereocenters. The first-order chi connectivity index (χ1) is 14.3. The second kappa shape index (κ2) is 8.32. The Labute approximate surface area is 178 Å². The van der Waals surface area contributed by atoms with E-state index in [4.69, 9.17) is 4.98 Å². The number of pyridine rings is 1. The van der Waals surface area contributed by atoms with E-state index >= 15 is 0 Å². The van der Waals surface area contributed by atoms with Crippen molar-refractivity contribution in [3.8, 4) is 0 Å². The molecule has 0 bridgehead atoms. The van der Waals surface area contributed by atoms with E-state index in [9.17, 15) is 8.42 Å². The average molecular weight is 425 g/mol. The summed E-state index contributed by atoms with van der Waals surface area (Å²) < 4.78 is 29.3. The number of benzene rings is 1. The summed E-state index contributed by atoms with van der Waals surface area (Å²) in [6, 6.07) is 12.7. The van der Waals surface area contributed by atoms with E-state index in [0.29, 0.717) is 13.1 Å². The van der Waals surface area contributed by atoms with Gasteiger partial charge >= 0.3 is 0 Å². The zero-order valence-electron chi connectivity index (χ0n) is 17.7. The molecule has 0 saturated carbocycles. The Kier molecular flexibility index (Phi) is 5.75. The summed E-state index contributed by atoms with van der Waals surface area (Å²) in [7, 11) is -1.81. The SMILES string of the molecule is Cc1cc(Cc2ccccc2C)cc([C@H]2CCCN(S(=O)(=O)c3cn(C)cn3)C2)n1. The van der Waals surface area contributed by atoms with E-state index < -0.39 is 10.0 Å². The summed E-state index contributed by atoms with van der Waals surface area (Å²) in [5.41, 5.74) is 5.76. The molecule has 6 nitrogen and oxygen atoms in total. The number of nitrogens with zero attached hydrogens (tertiary/aromatic N) is 4. The average Bonchev–Trinajstić information content (AvgIpc) is 3.17. The summed E-state index contributed by atoms with van der Waals surface area (Å²) >= 11 is 0. The summed E-state index contributed by atoms with van der Waals surface area (Å²) in [6.45, 7) is 5.11. The van der Waals surface area contributed by atoms with E-state index in [0.717, 1.165) is 30.7 Å². The molecule has 158 valence electrons. The van der Waals surface area contributed by atoms with E-state index in [2.05, 4.69) is 48.3 Å². The predicted molar refractivity (Wildman–Crippen MR) is 117 cm³/mol. The molecular formula is C23H28N4O2S. The Morgan fingerprint density at radius 3 is 2.70 bits per heavy atom. The highest BCUT2D eigenvalue weighted by Gasteiger charge is 2.33. The van der Waals surface area contributed by atoms with Crippen LogP contribution >= 0.6 is 0 Å². The van der Waals surface area contributed by atoms with Gasteiger partial charge in [-0.15, -0.1) is 0 Å². The van der Waals surface area contributed by atoms with Crippen molar-refractivity contribution in [3.63, 3.8) is 0 Å². The van der Waals surface area contributed by atoms with Gasteiger partial charge in [-0.05, 0) is 61.9 Å². The van der Waals surface area contributed by atoms with Crippen molar-refractivity contribution in [2.45, 2.75) is 44.1 Å². The molecule has 3 heterocycles. The number of aromatic nitrogens is 3. The topological polar surface area (TPSA) is 68.1 Å². The molecule has 1 aromatic carbocycles. The van der Waals surface area contributed by atoms with E-state index in [1.54, 1.807) is 22.1 Å². The Bertz CT molecular complexity index is 1150. The van der Waals surface area contributed by atoms with Crippen LogP contribution in [0.25, 0.3) is 0 Å². The molecule has 0 N–H and O–H groups in total. The van der Waals surface area contributed by atoms with Crippen molar-refractivity contribution in [2.24, 2.45) is 7.05 Å². The standard InChI is InChI=1S/C23H28N4O2S/c1-17-7-4-5-8-20(17)12-19-11-18(2)25-22(13-19)21-9-6-10-27(14-21)30(28,29)23-15-26(3)16-24-23/h4-5,7-8,11,13,15-16,21H,6,9-10,12,14H2,1-3H3/t21-/m0/s1. The van der Waals surface area contributed by atoms with Crippen molar-refractivity contribution >= 4 is 10.0 Å². The molecule has 0 radical (unpaired) electrons. The van der Waals surface area contributed by atoms with Gasteiger partial charge in [-0.25, -0.2) is 13.4 Å². The molecule has 0 amide bonds. The monoisotopic (exact) mass is 424 g/mol. The predicted octanol–water partition coefficient (Wildman–Crippen LogP) is 3.59. The molecule has 1 aliphatic heterocycles. The number of rotatable bonds is 5. The van der Waals surface area contributed by atoms with Gasteiger partial charge in [0.05, 0.1) is 6.33 Å². The molecule has 0 spiro atoms. The van der Waals surface area contributed by atoms with Crippen LogP contribution in [-0.4, -0.2) is 40.3 Å². The van der Waals surface area contributed by atoms with Gasteiger partial charge in [0.1, 0.15) is 0 Å². The maximum Gasteiger partial charge on any atom is 0.262 e. The largest absolute Gasteiger partial charge is 0.339 e. The first-order valence-corrected chi connectivity index (χ1v) is 11.8. The van der Waals surface area contributed by atoms with Crippen LogP contribution in [0, 0.1) is 13.8 Å². The molecule has 7 heteroatoms. The zero-order chi connectivity index (χ0) is 21.3. The summed E-state index contributed by atoms with van der Waals surface area (Å²) in [4.78, 5) is 8.84. The third-order valence-corrected chi connectivity index (χ3v) is 7.53. The van der Waals surface area contributed by atoms with Crippen LogP contribution in [0.4, 0.5) is 0 Å². The van der Waals surface area contributed by atoms with E-state index in [1.807, 2.05) is 6.92 Å². The number of sulfonamides is 1. The molecule has 0 unspecified atom stereocenters. The summed E-state index contributed by atoms with van der Waals surface area (Å²) in [6.07, 6.45) is 5.69. The Balaban J connectivity index is 1.58. The molecule has 4 rings (SSSR count). The van der Waals surface area contributed by atoms with Crippen LogP contribution in [0.15, 0.2) is 53.9 Å². The second-order valence-electron chi connectivity index (χ2n) is 8.22. The normalized spacial score (nSPS) is 17.9. The van der Waals surface area contributed by atoms with Gasteiger partial charge in [0.15, 0.2) is 5.03 Å². The Hall–Kier alpha value is -2.51. The number of aryl methyl sites for hydroxylation is 3. The summed E-state index contributed by atoms with van der Waals surface area (Å²) in [5.74, 6) is 0.0905. The fourth-order valence-electron chi connectivity index (χ4n) is 4.16. The van der Waals surface area contributed by atoms with Gasteiger partial charge in [0, 0.05) is 43.6 Å².